The molecule has 0 N–H and O–H groups in total. The van der Waals surface area contributed by atoms with E-state index in [4.69, 9.17) is 9.26 Å². The maximum Gasteiger partial charge on any atom is 0.257 e. The Hall–Kier alpha value is -3.52. The minimum Gasteiger partial charge on any atom is -0.378 e. The van der Waals surface area contributed by atoms with Crippen molar-refractivity contribution in [3.63, 3.8) is 0 Å². The minimum atomic E-state index is -0.00367. The van der Waals surface area contributed by atoms with Gasteiger partial charge in [0.15, 0.2) is 5.82 Å². The molecule has 0 saturated carbocycles. The number of hydrogen-bond acceptors (Lipinski definition) is 6. The van der Waals surface area contributed by atoms with Crippen LogP contribution in [-0.4, -0.2) is 71.7 Å². The third-order valence-electron chi connectivity index (χ3n) is 5.71. The summed E-state index contributed by atoms with van der Waals surface area (Å²) in [6.07, 6.45) is 1.69. The van der Waals surface area contributed by atoms with Gasteiger partial charge in [0.25, 0.3) is 11.8 Å². The first-order valence-electron chi connectivity index (χ1n) is 11.2. The number of amides is 2. The van der Waals surface area contributed by atoms with Crippen LogP contribution in [0.5, 0.6) is 0 Å². The van der Waals surface area contributed by atoms with Crippen LogP contribution in [0.25, 0.3) is 11.5 Å². The molecule has 0 spiro atoms. The quantitative estimate of drug-likeness (QED) is 0.527. The first-order valence-corrected chi connectivity index (χ1v) is 11.2. The zero-order valence-electron chi connectivity index (χ0n) is 18.8. The Kier molecular flexibility index (Phi) is 7.47. The Labute approximate surface area is 193 Å². The number of benzene rings is 2. The van der Waals surface area contributed by atoms with Gasteiger partial charge in [-0.25, -0.2) is 0 Å². The van der Waals surface area contributed by atoms with E-state index in [9.17, 15) is 9.59 Å². The van der Waals surface area contributed by atoms with Crippen LogP contribution in [0.3, 0.4) is 0 Å². The van der Waals surface area contributed by atoms with Crippen LogP contribution in [0.2, 0.25) is 0 Å². The molecule has 1 saturated heterocycles. The largest absolute Gasteiger partial charge is 0.378 e. The first-order chi connectivity index (χ1) is 16.1. The average Bonchev–Trinajstić information content (AvgIpc) is 3.35. The maximum absolute atomic E-state index is 12.6. The fourth-order valence-corrected chi connectivity index (χ4v) is 3.66. The number of nitrogens with zero attached hydrogens (tertiary/aromatic N) is 4. The lowest BCUT2D eigenvalue weighted by Crippen LogP contribution is -2.40. The Morgan fingerprint density at radius 3 is 2.45 bits per heavy atom. The summed E-state index contributed by atoms with van der Waals surface area (Å²) in [7, 11) is 1.79. The van der Waals surface area contributed by atoms with Crippen molar-refractivity contribution in [1.29, 1.82) is 0 Å². The van der Waals surface area contributed by atoms with Crippen molar-refractivity contribution >= 4 is 11.8 Å². The summed E-state index contributed by atoms with van der Waals surface area (Å²) in [5.41, 5.74) is 2.52. The van der Waals surface area contributed by atoms with Gasteiger partial charge in [-0.15, -0.1) is 0 Å². The first kappa shape index (κ1) is 22.7. The highest BCUT2D eigenvalue weighted by Crippen LogP contribution is 2.19. The van der Waals surface area contributed by atoms with E-state index in [0.717, 1.165) is 17.5 Å². The molecular weight excluding hydrogens is 420 g/mol. The molecule has 8 nitrogen and oxygen atoms in total. The minimum absolute atomic E-state index is 0.00367. The molecule has 1 aliphatic rings. The van der Waals surface area contributed by atoms with E-state index in [1.807, 2.05) is 42.5 Å². The zero-order chi connectivity index (χ0) is 23.0. The van der Waals surface area contributed by atoms with E-state index < -0.39 is 0 Å². The third-order valence-corrected chi connectivity index (χ3v) is 5.71. The van der Waals surface area contributed by atoms with Gasteiger partial charge in [-0.05, 0) is 36.2 Å². The zero-order valence-corrected chi connectivity index (χ0v) is 18.8. The summed E-state index contributed by atoms with van der Waals surface area (Å²) in [4.78, 5) is 32.9. The molecule has 1 fully saturated rings. The van der Waals surface area contributed by atoms with Gasteiger partial charge >= 0.3 is 0 Å². The number of aryl methyl sites for hydroxylation is 1. The molecule has 0 radical (unpaired) electrons. The Morgan fingerprint density at radius 1 is 1.00 bits per heavy atom. The number of hydrogen-bond donors (Lipinski definition) is 0. The van der Waals surface area contributed by atoms with Crippen molar-refractivity contribution in [2.75, 3.05) is 39.9 Å². The van der Waals surface area contributed by atoms with Gasteiger partial charge in [-0.2, -0.15) is 4.98 Å². The van der Waals surface area contributed by atoms with Crippen LogP contribution in [-0.2, 0) is 22.4 Å². The lowest BCUT2D eigenvalue weighted by atomic mass is 10.1. The van der Waals surface area contributed by atoms with Gasteiger partial charge in [-0.3, -0.25) is 9.59 Å². The molecule has 1 aromatic heterocycles. The van der Waals surface area contributed by atoms with Crippen molar-refractivity contribution in [2.45, 2.75) is 19.3 Å². The molecule has 172 valence electrons. The molecule has 0 unspecified atom stereocenters. The molecular formula is C25H28N4O4. The summed E-state index contributed by atoms with van der Waals surface area (Å²) in [6.45, 7) is 2.87. The van der Waals surface area contributed by atoms with E-state index in [2.05, 4.69) is 10.1 Å². The summed E-state index contributed by atoms with van der Waals surface area (Å²) in [5, 5.41) is 4.04. The molecule has 0 atom stereocenters. The molecule has 0 bridgehead atoms. The van der Waals surface area contributed by atoms with Gasteiger partial charge in [0, 0.05) is 50.7 Å². The standard InChI is InChI=1S/C25H28N4O4/c1-28(23(30)12-7-19-5-3-2-4-6-19)14-13-22-26-24(33-27-22)20-8-10-21(11-9-20)25(31)29-15-17-32-18-16-29/h2-6,8-11H,7,12-18H2,1H3. The third kappa shape index (κ3) is 6.04. The Balaban J connectivity index is 1.27. The highest BCUT2D eigenvalue weighted by Gasteiger charge is 2.19. The SMILES string of the molecule is CN(CCc1noc(-c2ccc(C(=O)N3CCOCC3)cc2)n1)C(=O)CCc1ccccc1. The van der Waals surface area contributed by atoms with Gasteiger partial charge < -0.3 is 19.1 Å². The maximum atomic E-state index is 12.6. The summed E-state index contributed by atoms with van der Waals surface area (Å²) in [6, 6.07) is 17.1. The van der Waals surface area contributed by atoms with Gasteiger partial charge in [0.05, 0.1) is 13.2 Å². The molecule has 0 aliphatic carbocycles. The summed E-state index contributed by atoms with van der Waals surface area (Å²) >= 11 is 0. The average molecular weight is 449 g/mol. The number of rotatable bonds is 8. The van der Waals surface area contributed by atoms with Crippen molar-refractivity contribution in [3.8, 4) is 11.5 Å². The van der Waals surface area contributed by atoms with E-state index >= 15 is 0 Å². The summed E-state index contributed by atoms with van der Waals surface area (Å²) in [5.74, 6) is 1.02. The summed E-state index contributed by atoms with van der Waals surface area (Å²) < 4.78 is 10.7. The number of aromatic nitrogens is 2. The number of morpholine rings is 1. The van der Waals surface area contributed by atoms with E-state index in [-0.39, 0.29) is 11.8 Å². The highest BCUT2D eigenvalue weighted by molar-refractivity contribution is 5.94. The molecule has 1 aliphatic heterocycles. The second-order valence-electron chi connectivity index (χ2n) is 8.05. The lowest BCUT2D eigenvalue weighted by molar-refractivity contribution is -0.129. The number of ether oxygens (including phenoxy) is 1. The molecule has 2 aromatic carbocycles. The predicted molar refractivity (Wildman–Crippen MR) is 123 cm³/mol. The second kappa shape index (κ2) is 10.9. The van der Waals surface area contributed by atoms with Crippen molar-refractivity contribution < 1.29 is 18.8 Å². The van der Waals surface area contributed by atoms with Gasteiger partial charge in [0.2, 0.25) is 5.91 Å². The van der Waals surface area contributed by atoms with Gasteiger partial charge in [0.1, 0.15) is 0 Å². The van der Waals surface area contributed by atoms with Crippen molar-refractivity contribution in [2.24, 2.45) is 0 Å². The van der Waals surface area contributed by atoms with Crippen LogP contribution in [0.15, 0.2) is 59.1 Å². The Bertz CT molecular complexity index is 1060. The van der Waals surface area contributed by atoms with Crippen LogP contribution in [0.4, 0.5) is 0 Å². The fourth-order valence-electron chi connectivity index (χ4n) is 3.66. The smallest absolute Gasteiger partial charge is 0.257 e. The van der Waals surface area contributed by atoms with Crippen LogP contribution in [0, 0.1) is 0 Å². The molecule has 33 heavy (non-hydrogen) atoms. The molecule has 3 aromatic rings. The molecule has 8 heteroatoms. The second-order valence-corrected chi connectivity index (χ2v) is 8.05. The van der Waals surface area contributed by atoms with Crippen LogP contribution in [0.1, 0.15) is 28.2 Å². The highest BCUT2D eigenvalue weighted by atomic mass is 16.5. The molecule has 2 amide bonds. The van der Waals surface area contributed by atoms with E-state index in [0.29, 0.717) is 63.0 Å². The van der Waals surface area contributed by atoms with Crippen molar-refractivity contribution in [3.05, 3.63) is 71.5 Å². The molecule has 2 heterocycles. The predicted octanol–water partition coefficient (Wildman–Crippen LogP) is 2.84. The van der Waals surface area contributed by atoms with Crippen LogP contribution < -0.4 is 0 Å². The lowest BCUT2D eigenvalue weighted by Gasteiger charge is -2.26. The number of carbonyl (C=O) groups excluding carboxylic acids is 2. The molecule has 4 rings (SSSR count). The normalized spacial score (nSPS) is 13.7. The topological polar surface area (TPSA) is 88.8 Å². The Morgan fingerprint density at radius 2 is 1.73 bits per heavy atom. The van der Waals surface area contributed by atoms with Gasteiger partial charge in [-0.1, -0.05) is 35.5 Å². The van der Waals surface area contributed by atoms with E-state index in [1.165, 1.54) is 0 Å². The van der Waals surface area contributed by atoms with Crippen molar-refractivity contribution in [1.82, 2.24) is 19.9 Å². The van der Waals surface area contributed by atoms with Crippen LogP contribution >= 0.6 is 0 Å². The number of likely N-dealkylation sites (N-methyl/N-ethyl adjacent to an activating group) is 1. The fraction of sp³-hybridized carbons (Fsp3) is 0.360. The monoisotopic (exact) mass is 448 g/mol. The van der Waals surface area contributed by atoms with E-state index in [1.54, 1.807) is 29.0 Å². The number of carbonyl (C=O) groups is 2.